The first-order valence-corrected chi connectivity index (χ1v) is 6.52. The van der Waals surface area contributed by atoms with E-state index in [1.54, 1.807) is 20.8 Å². The highest BCUT2D eigenvalue weighted by atomic mass is 35.5. The van der Waals surface area contributed by atoms with Crippen molar-refractivity contribution in [1.29, 1.82) is 0 Å². The maximum atomic E-state index is 12.8. The van der Waals surface area contributed by atoms with Crippen LogP contribution in [-0.2, 0) is 6.18 Å². The summed E-state index contributed by atoms with van der Waals surface area (Å²) in [6, 6.07) is 3.52. The van der Waals surface area contributed by atoms with Crippen LogP contribution in [0.25, 0.3) is 0 Å². The van der Waals surface area contributed by atoms with Gasteiger partial charge in [0.2, 0.25) is 0 Å². The Morgan fingerprint density at radius 2 is 1.76 bits per heavy atom. The van der Waals surface area contributed by atoms with Gasteiger partial charge >= 0.3 is 6.18 Å². The fraction of sp³-hybridized carbons (Fsp3) is 0.286. The van der Waals surface area contributed by atoms with E-state index in [4.69, 9.17) is 11.6 Å². The zero-order valence-corrected chi connectivity index (χ0v) is 12.4. The van der Waals surface area contributed by atoms with Gasteiger partial charge in [0, 0.05) is 11.3 Å². The molecular formula is C14H13ClF3N3. The molecule has 1 N–H and O–H groups in total. The molecule has 1 heterocycles. The number of halogens is 4. The van der Waals surface area contributed by atoms with Gasteiger partial charge in [-0.2, -0.15) is 13.2 Å². The van der Waals surface area contributed by atoms with Crippen molar-refractivity contribution in [1.82, 2.24) is 9.97 Å². The van der Waals surface area contributed by atoms with Crippen molar-refractivity contribution in [3.63, 3.8) is 0 Å². The molecule has 7 heteroatoms. The summed E-state index contributed by atoms with van der Waals surface area (Å²) >= 11 is 5.96. The second-order valence-electron chi connectivity index (χ2n) is 4.69. The zero-order valence-electron chi connectivity index (χ0n) is 11.6. The third-order valence-electron chi connectivity index (χ3n) is 3.02. The van der Waals surface area contributed by atoms with Crippen LogP contribution in [0.2, 0.25) is 5.15 Å². The monoisotopic (exact) mass is 315 g/mol. The van der Waals surface area contributed by atoms with E-state index >= 15 is 0 Å². The van der Waals surface area contributed by atoms with E-state index in [1.807, 2.05) is 0 Å². The van der Waals surface area contributed by atoms with Crippen LogP contribution in [0.3, 0.4) is 0 Å². The summed E-state index contributed by atoms with van der Waals surface area (Å²) in [5.74, 6) is 0.840. The van der Waals surface area contributed by atoms with Crippen molar-refractivity contribution in [2.75, 3.05) is 5.32 Å². The SMILES string of the molecule is Cc1nc(Cl)c(C)c(Nc2cc(C(F)(F)F)ccc2C)n1. The maximum Gasteiger partial charge on any atom is 0.416 e. The number of hydrogen-bond acceptors (Lipinski definition) is 3. The van der Waals surface area contributed by atoms with E-state index in [1.165, 1.54) is 6.07 Å². The molecule has 0 aliphatic carbocycles. The van der Waals surface area contributed by atoms with Crippen LogP contribution < -0.4 is 5.32 Å². The lowest BCUT2D eigenvalue weighted by Gasteiger charge is -2.14. The normalized spacial score (nSPS) is 11.6. The lowest BCUT2D eigenvalue weighted by atomic mass is 10.1. The van der Waals surface area contributed by atoms with Crippen LogP contribution in [0.4, 0.5) is 24.7 Å². The Kier molecular flexibility index (Phi) is 4.09. The number of rotatable bonds is 2. The van der Waals surface area contributed by atoms with E-state index in [2.05, 4.69) is 15.3 Å². The van der Waals surface area contributed by atoms with Gasteiger partial charge < -0.3 is 5.32 Å². The number of alkyl halides is 3. The Morgan fingerprint density at radius 3 is 2.38 bits per heavy atom. The standard InChI is InChI=1S/C14H13ClF3N3/c1-7-4-5-10(14(16,17)18)6-11(7)21-13-8(2)12(15)19-9(3)20-13/h4-6H,1-3H3,(H,19,20,21). The van der Waals surface area contributed by atoms with Gasteiger partial charge in [-0.15, -0.1) is 0 Å². The lowest BCUT2D eigenvalue weighted by Crippen LogP contribution is -2.07. The van der Waals surface area contributed by atoms with Gasteiger partial charge in [0.05, 0.1) is 5.56 Å². The van der Waals surface area contributed by atoms with Crippen molar-refractivity contribution in [3.05, 3.63) is 45.9 Å². The van der Waals surface area contributed by atoms with E-state index in [-0.39, 0.29) is 5.15 Å². The largest absolute Gasteiger partial charge is 0.416 e. The summed E-state index contributed by atoms with van der Waals surface area (Å²) in [4.78, 5) is 8.16. The Balaban J connectivity index is 2.45. The fourth-order valence-electron chi connectivity index (χ4n) is 1.78. The molecule has 1 aromatic carbocycles. The molecule has 3 nitrogen and oxygen atoms in total. The van der Waals surface area contributed by atoms with Gasteiger partial charge in [-0.3, -0.25) is 0 Å². The van der Waals surface area contributed by atoms with E-state index in [9.17, 15) is 13.2 Å². The number of hydrogen-bond donors (Lipinski definition) is 1. The second-order valence-corrected chi connectivity index (χ2v) is 5.05. The summed E-state index contributed by atoms with van der Waals surface area (Å²) in [5, 5.41) is 3.17. The molecule has 0 aliphatic rings. The quantitative estimate of drug-likeness (QED) is 0.808. The van der Waals surface area contributed by atoms with E-state index in [0.29, 0.717) is 28.5 Å². The number of benzene rings is 1. The Bertz CT molecular complexity index is 684. The van der Waals surface area contributed by atoms with Gasteiger partial charge in [0.1, 0.15) is 16.8 Å². The average molecular weight is 316 g/mol. The minimum absolute atomic E-state index is 0.273. The van der Waals surface area contributed by atoms with Gasteiger partial charge in [0.25, 0.3) is 0 Å². The molecule has 2 rings (SSSR count). The van der Waals surface area contributed by atoms with Crippen molar-refractivity contribution in [3.8, 4) is 0 Å². The fourth-order valence-corrected chi connectivity index (χ4v) is 1.99. The number of nitrogens with zero attached hydrogens (tertiary/aromatic N) is 2. The third-order valence-corrected chi connectivity index (χ3v) is 3.38. The number of anilines is 2. The molecule has 0 amide bonds. The summed E-state index contributed by atoms with van der Waals surface area (Å²) in [7, 11) is 0. The lowest BCUT2D eigenvalue weighted by molar-refractivity contribution is -0.137. The highest BCUT2D eigenvalue weighted by molar-refractivity contribution is 6.30. The minimum atomic E-state index is -4.39. The highest BCUT2D eigenvalue weighted by Crippen LogP contribution is 2.33. The molecule has 2 aromatic rings. The molecule has 112 valence electrons. The van der Waals surface area contributed by atoms with Crippen molar-refractivity contribution in [2.45, 2.75) is 26.9 Å². The molecule has 0 bridgehead atoms. The third kappa shape index (κ3) is 3.44. The van der Waals surface area contributed by atoms with E-state index in [0.717, 1.165) is 12.1 Å². The van der Waals surface area contributed by atoms with Gasteiger partial charge in [0.15, 0.2) is 0 Å². The Morgan fingerprint density at radius 1 is 1.10 bits per heavy atom. The van der Waals surface area contributed by atoms with Crippen LogP contribution in [0.5, 0.6) is 0 Å². The Labute approximate surface area is 125 Å². The first-order chi connectivity index (χ1) is 9.68. The average Bonchev–Trinajstić information content (AvgIpc) is 2.36. The van der Waals surface area contributed by atoms with Crippen LogP contribution in [0.1, 0.15) is 22.5 Å². The number of aryl methyl sites for hydroxylation is 2. The molecule has 0 unspecified atom stereocenters. The molecule has 0 atom stereocenters. The summed E-state index contributed by atoms with van der Waals surface area (Å²) in [6.45, 7) is 5.08. The molecule has 0 saturated heterocycles. The molecule has 1 aromatic heterocycles. The van der Waals surface area contributed by atoms with Gasteiger partial charge in [-0.05, 0) is 38.5 Å². The summed E-state index contributed by atoms with van der Waals surface area (Å²) in [6.07, 6.45) is -4.39. The zero-order chi connectivity index (χ0) is 15.8. The molecule has 0 fully saturated rings. The van der Waals surface area contributed by atoms with Crippen molar-refractivity contribution in [2.24, 2.45) is 0 Å². The molecule has 0 spiro atoms. The minimum Gasteiger partial charge on any atom is -0.340 e. The van der Waals surface area contributed by atoms with Crippen LogP contribution in [-0.4, -0.2) is 9.97 Å². The second kappa shape index (κ2) is 5.52. The summed E-state index contributed by atoms with van der Waals surface area (Å²) < 4.78 is 38.3. The predicted molar refractivity (Wildman–Crippen MR) is 76.0 cm³/mol. The van der Waals surface area contributed by atoms with Crippen LogP contribution >= 0.6 is 11.6 Å². The van der Waals surface area contributed by atoms with Gasteiger partial charge in [-0.1, -0.05) is 17.7 Å². The predicted octanol–water partition coefficient (Wildman–Crippen LogP) is 4.82. The molecule has 0 aliphatic heterocycles. The summed E-state index contributed by atoms with van der Waals surface area (Å²) in [5.41, 5.74) is 0.876. The smallest absolute Gasteiger partial charge is 0.340 e. The molecule has 0 radical (unpaired) electrons. The number of aromatic nitrogens is 2. The van der Waals surface area contributed by atoms with E-state index < -0.39 is 11.7 Å². The highest BCUT2D eigenvalue weighted by Gasteiger charge is 2.30. The molecule has 21 heavy (non-hydrogen) atoms. The Hall–Kier alpha value is -1.82. The molecular weight excluding hydrogens is 303 g/mol. The first-order valence-electron chi connectivity index (χ1n) is 6.14. The molecule has 0 saturated carbocycles. The van der Waals surface area contributed by atoms with Crippen molar-refractivity contribution < 1.29 is 13.2 Å². The maximum absolute atomic E-state index is 12.8. The first kappa shape index (κ1) is 15.6. The van der Waals surface area contributed by atoms with Crippen LogP contribution in [0.15, 0.2) is 18.2 Å². The van der Waals surface area contributed by atoms with Gasteiger partial charge in [-0.25, -0.2) is 9.97 Å². The topological polar surface area (TPSA) is 37.8 Å². The van der Waals surface area contributed by atoms with Crippen molar-refractivity contribution >= 4 is 23.1 Å². The number of nitrogens with one attached hydrogen (secondary N) is 1. The van der Waals surface area contributed by atoms with Crippen LogP contribution in [0, 0.1) is 20.8 Å².